The maximum atomic E-state index is 13.6. The van der Waals surface area contributed by atoms with Crippen molar-refractivity contribution in [3.05, 3.63) is 35.6 Å². The van der Waals surface area contributed by atoms with Crippen molar-refractivity contribution in [2.75, 3.05) is 13.7 Å². The number of halogens is 1. The Hall–Kier alpha value is -2.28. The van der Waals surface area contributed by atoms with Crippen molar-refractivity contribution in [3.8, 4) is 0 Å². The number of likely N-dealkylation sites (tertiary alicyclic amines) is 1. The molecule has 6 nitrogen and oxygen atoms in total. The second-order valence-electron chi connectivity index (χ2n) is 6.30. The molecule has 2 saturated heterocycles. The number of hydrogen-bond donors (Lipinski definition) is 1. The first-order valence-electron chi connectivity index (χ1n) is 7.82. The van der Waals surface area contributed by atoms with Crippen molar-refractivity contribution in [2.24, 2.45) is 11.8 Å². The standard InChI is InChI=1S/C17H19FN2O4/c1-4-20-14(21)11-12(15(20)22)17(2,16(23)24-3)19-13(11)9-6-5-7-10(18)8-9/h5-8,11-13,19H,4H2,1-3H3/t11-,12+,13-,17-/m0/s1. The van der Waals surface area contributed by atoms with Crippen LogP contribution in [0.15, 0.2) is 24.3 Å². The Balaban J connectivity index is 2.11. The molecule has 1 N–H and O–H groups in total. The topological polar surface area (TPSA) is 75.7 Å². The predicted octanol–water partition coefficient (Wildman–Crippen LogP) is 1.02. The van der Waals surface area contributed by atoms with E-state index in [0.29, 0.717) is 5.56 Å². The minimum absolute atomic E-state index is 0.234. The highest BCUT2D eigenvalue weighted by molar-refractivity contribution is 6.09. The van der Waals surface area contributed by atoms with Crippen molar-refractivity contribution in [2.45, 2.75) is 25.4 Å². The van der Waals surface area contributed by atoms with Gasteiger partial charge in [0.2, 0.25) is 11.8 Å². The molecule has 3 rings (SSSR count). The molecule has 1 aromatic rings. The maximum Gasteiger partial charge on any atom is 0.326 e. The van der Waals surface area contributed by atoms with Gasteiger partial charge in [0.1, 0.15) is 11.4 Å². The molecule has 4 atom stereocenters. The number of nitrogens with one attached hydrogen (secondary N) is 1. The second-order valence-corrected chi connectivity index (χ2v) is 6.30. The van der Waals surface area contributed by atoms with Crippen LogP contribution in [-0.2, 0) is 19.1 Å². The van der Waals surface area contributed by atoms with Crippen LogP contribution in [-0.4, -0.2) is 41.9 Å². The first-order chi connectivity index (χ1) is 11.3. The smallest absolute Gasteiger partial charge is 0.326 e. The largest absolute Gasteiger partial charge is 0.468 e. The molecule has 0 unspecified atom stereocenters. The fourth-order valence-electron chi connectivity index (χ4n) is 3.90. The molecule has 0 saturated carbocycles. The van der Waals surface area contributed by atoms with E-state index in [4.69, 9.17) is 4.74 Å². The number of hydrogen-bond acceptors (Lipinski definition) is 5. The highest BCUT2D eigenvalue weighted by atomic mass is 19.1. The third-order valence-corrected chi connectivity index (χ3v) is 5.01. The number of carbonyl (C=O) groups excluding carboxylic acids is 3. The Morgan fingerprint density at radius 1 is 1.38 bits per heavy atom. The van der Waals surface area contributed by atoms with Gasteiger partial charge in [0.15, 0.2) is 0 Å². The first-order valence-corrected chi connectivity index (χ1v) is 7.82. The molecule has 7 heteroatoms. The highest BCUT2D eigenvalue weighted by Gasteiger charge is 2.66. The molecule has 2 aliphatic heterocycles. The van der Waals surface area contributed by atoms with E-state index >= 15 is 0 Å². The molecule has 0 bridgehead atoms. The predicted molar refractivity (Wildman–Crippen MR) is 82.1 cm³/mol. The zero-order valence-electron chi connectivity index (χ0n) is 13.7. The van der Waals surface area contributed by atoms with Gasteiger partial charge in [-0.05, 0) is 31.5 Å². The molecule has 0 aliphatic carbocycles. The number of amides is 2. The van der Waals surface area contributed by atoms with Crippen LogP contribution < -0.4 is 5.32 Å². The summed E-state index contributed by atoms with van der Waals surface area (Å²) in [5.41, 5.74) is -0.815. The number of benzene rings is 1. The van der Waals surface area contributed by atoms with E-state index < -0.39 is 41.1 Å². The van der Waals surface area contributed by atoms with Gasteiger partial charge in [0.05, 0.1) is 18.9 Å². The number of esters is 1. The summed E-state index contributed by atoms with van der Waals surface area (Å²) in [5.74, 6) is -3.43. The maximum absolute atomic E-state index is 13.6. The quantitative estimate of drug-likeness (QED) is 0.660. The van der Waals surface area contributed by atoms with Gasteiger partial charge < -0.3 is 4.74 Å². The lowest BCUT2D eigenvalue weighted by Gasteiger charge is -2.28. The second kappa shape index (κ2) is 5.66. The molecule has 0 spiro atoms. The SMILES string of the molecule is CCN1C(=O)[C@@H]2[C@H](c3cccc(F)c3)N[C@](C)(C(=O)OC)[C@H]2C1=O. The van der Waals surface area contributed by atoms with E-state index in [1.165, 1.54) is 25.3 Å². The van der Waals surface area contributed by atoms with Crippen molar-refractivity contribution in [3.63, 3.8) is 0 Å². The number of imide groups is 1. The minimum atomic E-state index is -1.34. The van der Waals surface area contributed by atoms with E-state index in [2.05, 4.69) is 5.32 Å². The van der Waals surface area contributed by atoms with Crippen molar-refractivity contribution in [1.29, 1.82) is 0 Å². The van der Waals surface area contributed by atoms with E-state index in [9.17, 15) is 18.8 Å². The first kappa shape index (κ1) is 16.6. The van der Waals surface area contributed by atoms with Gasteiger partial charge in [0.25, 0.3) is 0 Å². The number of methoxy groups -OCH3 is 1. The van der Waals surface area contributed by atoms with E-state index in [1.807, 2.05) is 0 Å². The van der Waals surface area contributed by atoms with Gasteiger partial charge in [-0.2, -0.15) is 0 Å². The highest BCUT2D eigenvalue weighted by Crippen LogP contribution is 2.48. The third kappa shape index (κ3) is 2.15. The van der Waals surface area contributed by atoms with E-state index in [1.54, 1.807) is 19.9 Å². The Bertz CT molecular complexity index is 722. The van der Waals surface area contributed by atoms with Crippen LogP contribution >= 0.6 is 0 Å². The van der Waals surface area contributed by atoms with Crippen LogP contribution in [0.3, 0.4) is 0 Å². The van der Waals surface area contributed by atoms with Gasteiger partial charge in [-0.3, -0.25) is 24.6 Å². The number of ether oxygens (including phenoxy) is 1. The summed E-state index contributed by atoms with van der Waals surface area (Å²) in [6, 6.07) is 5.18. The van der Waals surface area contributed by atoms with Crippen LogP contribution in [0.4, 0.5) is 4.39 Å². The Labute approximate surface area is 139 Å². The lowest BCUT2D eigenvalue weighted by atomic mass is 9.80. The van der Waals surface area contributed by atoms with Crippen LogP contribution in [0.5, 0.6) is 0 Å². The molecule has 2 fully saturated rings. The number of nitrogens with zero attached hydrogens (tertiary/aromatic N) is 1. The Morgan fingerprint density at radius 3 is 2.67 bits per heavy atom. The fourth-order valence-corrected chi connectivity index (χ4v) is 3.90. The lowest BCUT2D eigenvalue weighted by molar-refractivity contribution is -0.153. The average Bonchev–Trinajstić information content (AvgIpc) is 3.01. The summed E-state index contributed by atoms with van der Waals surface area (Å²) in [4.78, 5) is 38.9. The summed E-state index contributed by atoms with van der Waals surface area (Å²) in [5, 5.41) is 3.06. The van der Waals surface area contributed by atoms with Gasteiger partial charge in [-0.1, -0.05) is 12.1 Å². The van der Waals surface area contributed by atoms with Crippen LogP contribution in [0, 0.1) is 17.7 Å². The summed E-state index contributed by atoms with van der Waals surface area (Å²) < 4.78 is 18.5. The van der Waals surface area contributed by atoms with Crippen molar-refractivity contribution >= 4 is 17.8 Å². The zero-order valence-corrected chi connectivity index (χ0v) is 13.7. The molecule has 0 radical (unpaired) electrons. The molecular weight excluding hydrogens is 315 g/mol. The van der Waals surface area contributed by atoms with E-state index in [0.717, 1.165) is 4.90 Å². The molecule has 2 aliphatic rings. The van der Waals surface area contributed by atoms with Gasteiger partial charge in [-0.15, -0.1) is 0 Å². The number of fused-ring (bicyclic) bond motifs is 1. The monoisotopic (exact) mass is 334 g/mol. The normalized spacial score (nSPS) is 32.2. The molecule has 128 valence electrons. The van der Waals surface area contributed by atoms with Gasteiger partial charge >= 0.3 is 5.97 Å². The van der Waals surface area contributed by atoms with Gasteiger partial charge in [-0.25, -0.2) is 4.39 Å². The Morgan fingerprint density at radius 2 is 2.08 bits per heavy atom. The lowest BCUT2D eigenvalue weighted by Crippen LogP contribution is -2.53. The number of carbonyl (C=O) groups is 3. The molecule has 24 heavy (non-hydrogen) atoms. The summed E-state index contributed by atoms with van der Waals surface area (Å²) >= 11 is 0. The summed E-state index contributed by atoms with van der Waals surface area (Å²) in [6.45, 7) is 3.49. The van der Waals surface area contributed by atoms with Crippen molar-refractivity contribution < 1.29 is 23.5 Å². The van der Waals surface area contributed by atoms with Crippen LogP contribution in [0.2, 0.25) is 0 Å². The summed E-state index contributed by atoms with van der Waals surface area (Å²) in [6.07, 6.45) is 0. The zero-order chi connectivity index (χ0) is 17.6. The van der Waals surface area contributed by atoms with Crippen LogP contribution in [0.1, 0.15) is 25.5 Å². The summed E-state index contributed by atoms with van der Waals surface area (Å²) in [7, 11) is 1.23. The van der Waals surface area contributed by atoms with Crippen LogP contribution in [0.25, 0.3) is 0 Å². The Kier molecular flexibility index (Phi) is 3.91. The van der Waals surface area contributed by atoms with Gasteiger partial charge in [0, 0.05) is 12.6 Å². The average molecular weight is 334 g/mol. The third-order valence-electron chi connectivity index (χ3n) is 5.01. The molecule has 1 aromatic carbocycles. The van der Waals surface area contributed by atoms with Crippen molar-refractivity contribution in [1.82, 2.24) is 10.2 Å². The minimum Gasteiger partial charge on any atom is -0.468 e. The molecule has 0 aromatic heterocycles. The molecule has 2 heterocycles. The molecule has 2 amide bonds. The van der Waals surface area contributed by atoms with E-state index in [-0.39, 0.29) is 12.5 Å². The molecular formula is C17H19FN2O4. The fraction of sp³-hybridized carbons (Fsp3) is 0.471. The number of rotatable bonds is 3.